The van der Waals surface area contributed by atoms with Gasteiger partial charge >= 0.3 is 0 Å². The highest BCUT2D eigenvalue weighted by Crippen LogP contribution is 2.25. The van der Waals surface area contributed by atoms with Crippen molar-refractivity contribution in [3.8, 4) is 16.9 Å². The first-order chi connectivity index (χ1) is 16.7. The molecule has 0 unspecified atom stereocenters. The number of carbonyl (C=O) groups excluding carboxylic acids is 1. The van der Waals surface area contributed by atoms with Crippen molar-refractivity contribution in [2.75, 3.05) is 46.1 Å². The molecular formula is C26H29ClN4O3. The molecule has 1 N–H and O–H groups in total. The van der Waals surface area contributed by atoms with Crippen molar-refractivity contribution in [1.82, 2.24) is 20.0 Å². The van der Waals surface area contributed by atoms with E-state index in [0.717, 1.165) is 62.9 Å². The van der Waals surface area contributed by atoms with E-state index >= 15 is 0 Å². The first kappa shape index (κ1) is 23.1. The largest absolute Gasteiger partial charge is 0.381 e. The maximum absolute atomic E-state index is 13.5. The zero-order valence-electron chi connectivity index (χ0n) is 19.0. The molecule has 5 rings (SSSR count). The van der Waals surface area contributed by atoms with E-state index < -0.39 is 0 Å². The maximum Gasteiger partial charge on any atom is 0.270 e. The fourth-order valence-corrected chi connectivity index (χ4v) is 4.84. The lowest BCUT2D eigenvalue weighted by Gasteiger charge is -2.37. The summed E-state index contributed by atoms with van der Waals surface area (Å²) in [4.78, 5) is 15.9. The van der Waals surface area contributed by atoms with Crippen LogP contribution >= 0.6 is 11.6 Å². The molecular weight excluding hydrogens is 452 g/mol. The summed E-state index contributed by atoms with van der Waals surface area (Å²) in [5.41, 5.74) is 2.96. The van der Waals surface area contributed by atoms with Crippen molar-refractivity contribution in [3.05, 3.63) is 71.4 Å². The molecule has 8 heteroatoms. The number of nitrogens with one attached hydrogen (secondary N) is 1. The van der Waals surface area contributed by atoms with Gasteiger partial charge < -0.3 is 14.8 Å². The lowest BCUT2D eigenvalue weighted by atomic mass is 9.97. The fourth-order valence-electron chi connectivity index (χ4n) is 4.72. The lowest BCUT2D eigenvalue weighted by Crippen LogP contribution is -2.52. The van der Waals surface area contributed by atoms with Crippen LogP contribution in [0.2, 0.25) is 5.02 Å². The molecule has 178 valence electrons. The van der Waals surface area contributed by atoms with E-state index in [1.807, 2.05) is 60.7 Å². The van der Waals surface area contributed by atoms with E-state index in [4.69, 9.17) is 26.2 Å². The summed E-state index contributed by atoms with van der Waals surface area (Å²) in [6, 6.07) is 19.3. The molecule has 0 saturated carbocycles. The number of amides is 1. The molecule has 7 nitrogen and oxygen atoms in total. The smallest absolute Gasteiger partial charge is 0.270 e. The maximum atomic E-state index is 13.5. The highest BCUT2D eigenvalue weighted by molar-refractivity contribution is 6.30. The van der Waals surface area contributed by atoms with Crippen molar-refractivity contribution >= 4 is 17.5 Å². The molecule has 2 aromatic carbocycles. The fraction of sp³-hybridized carbons (Fsp3) is 0.385. The summed E-state index contributed by atoms with van der Waals surface area (Å²) in [5, 5.41) is 8.62. The summed E-state index contributed by atoms with van der Waals surface area (Å²) in [5.74, 6) is 0.260. The summed E-state index contributed by atoms with van der Waals surface area (Å²) < 4.78 is 12.9. The molecule has 3 aromatic rings. The van der Waals surface area contributed by atoms with Gasteiger partial charge in [-0.2, -0.15) is 5.10 Å². The van der Waals surface area contributed by atoms with Crippen LogP contribution in [0.5, 0.6) is 0 Å². The number of ether oxygens (including phenoxy) is 2. The average molecular weight is 481 g/mol. The molecule has 0 aliphatic carbocycles. The second kappa shape index (κ2) is 10.7. The molecule has 2 atom stereocenters. The van der Waals surface area contributed by atoms with Crippen molar-refractivity contribution in [1.29, 1.82) is 0 Å². The number of morpholine rings is 1. The van der Waals surface area contributed by atoms with Crippen LogP contribution in [0.15, 0.2) is 60.7 Å². The second-order valence-electron chi connectivity index (χ2n) is 8.72. The van der Waals surface area contributed by atoms with Crippen molar-refractivity contribution in [3.63, 3.8) is 0 Å². The normalized spacial score (nSPS) is 19.7. The Morgan fingerprint density at radius 3 is 2.53 bits per heavy atom. The number of carbonyl (C=O) groups is 1. The Hall–Kier alpha value is -2.71. The first-order valence-electron chi connectivity index (χ1n) is 11.8. The van der Waals surface area contributed by atoms with Crippen LogP contribution in [0, 0.1) is 5.92 Å². The van der Waals surface area contributed by atoms with E-state index in [1.54, 1.807) is 4.68 Å². The summed E-state index contributed by atoms with van der Waals surface area (Å²) in [7, 11) is 0. The molecule has 0 spiro atoms. The van der Waals surface area contributed by atoms with E-state index in [-0.39, 0.29) is 11.9 Å². The van der Waals surface area contributed by atoms with Gasteiger partial charge in [0.1, 0.15) is 5.69 Å². The van der Waals surface area contributed by atoms with Crippen LogP contribution in [0.4, 0.5) is 0 Å². The SMILES string of the molecule is O=C(NC[C@H]([C@@H]1CCOC1)N1CCOCC1)c1cc(-c2ccc(Cl)cc2)nn1-c1ccccc1. The third-order valence-electron chi connectivity index (χ3n) is 6.58. The Balaban J connectivity index is 1.39. The van der Waals surface area contributed by atoms with Crippen LogP contribution in [-0.4, -0.2) is 72.7 Å². The van der Waals surface area contributed by atoms with E-state index in [0.29, 0.717) is 23.2 Å². The van der Waals surface area contributed by atoms with Gasteiger partial charge in [-0.25, -0.2) is 4.68 Å². The molecule has 1 aromatic heterocycles. The van der Waals surface area contributed by atoms with Crippen LogP contribution < -0.4 is 5.32 Å². The Morgan fingerprint density at radius 2 is 1.82 bits per heavy atom. The summed E-state index contributed by atoms with van der Waals surface area (Å²) in [6.45, 7) is 5.28. The Morgan fingerprint density at radius 1 is 1.06 bits per heavy atom. The highest BCUT2D eigenvalue weighted by atomic mass is 35.5. The second-order valence-corrected chi connectivity index (χ2v) is 9.15. The molecule has 34 heavy (non-hydrogen) atoms. The van der Waals surface area contributed by atoms with Crippen LogP contribution in [0.3, 0.4) is 0 Å². The topological polar surface area (TPSA) is 68.6 Å². The minimum Gasteiger partial charge on any atom is -0.381 e. The number of nitrogens with zero attached hydrogens (tertiary/aromatic N) is 3. The predicted octanol–water partition coefficient (Wildman–Crippen LogP) is 3.66. The van der Waals surface area contributed by atoms with Gasteiger partial charge in [-0.05, 0) is 36.8 Å². The summed E-state index contributed by atoms with van der Waals surface area (Å²) >= 11 is 6.06. The Bertz CT molecular complexity index is 1090. The number of benzene rings is 2. The number of halogens is 1. The third kappa shape index (κ3) is 5.18. The van der Waals surface area contributed by atoms with Gasteiger partial charge in [-0.3, -0.25) is 9.69 Å². The van der Waals surface area contributed by atoms with Gasteiger partial charge in [-0.1, -0.05) is 41.9 Å². The van der Waals surface area contributed by atoms with Crippen LogP contribution in [0.1, 0.15) is 16.9 Å². The van der Waals surface area contributed by atoms with Gasteiger partial charge in [0.2, 0.25) is 0 Å². The molecule has 0 radical (unpaired) electrons. The number of para-hydroxylation sites is 1. The van der Waals surface area contributed by atoms with Crippen LogP contribution in [-0.2, 0) is 9.47 Å². The standard InChI is InChI=1S/C26H29ClN4O3/c27-21-8-6-19(7-9-21)23-16-24(31(29-23)22-4-2-1-3-5-22)26(32)28-17-25(20-10-13-34-18-20)30-11-14-33-15-12-30/h1-9,16,20,25H,10-15,17-18H2,(H,28,32)/t20-,25-/m1/s1. The highest BCUT2D eigenvalue weighted by Gasteiger charge is 2.32. The van der Waals surface area contributed by atoms with Gasteiger partial charge in [0.25, 0.3) is 5.91 Å². The Kier molecular flexibility index (Phi) is 7.25. The van der Waals surface area contributed by atoms with Crippen molar-refractivity contribution in [2.24, 2.45) is 5.92 Å². The molecule has 2 fully saturated rings. The molecule has 2 aliphatic rings. The summed E-state index contributed by atoms with van der Waals surface area (Å²) in [6.07, 6.45) is 1.01. The first-order valence-corrected chi connectivity index (χ1v) is 12.2. The van der Waals surface area contributed by atoms with Gasteiger partial charge in [-0.15, -0.1) is 0 Å². The molecule has 2 aliphatic heterocycles. The molecule has 3 heterocycles. The number of hydrogen-bond donors (Lipinski definition) is 1. The van der Waals surface area contributed by atoms with Crippen LogP contribution in [0.25, 0.3) is 16.9 Å². The molecule has 2 saturated heterocycles. The van der Waals surface area contributed by atoms with E-state index in [1.165, 1.54) is 0 Å². The van der Waals surface area contributed by atoms with Gasteiger partial charge in [0.15, 0.2) is 0 Å². The minimum absolute atomic E-state index is 0.145. The number of hydrogen-bond acceptors (Lipinski definition) is 5. The zero-order chi connectivity index (χ0) is 23.3. The number of aromatic nitrogens is 2. The average Bonchev–Trinajstić information content (AvgIpc) is 3.57. The third-order valence-corrected chi connectivity index (χ3v) is 6.83. The lowest BCUT2D eigenvalue weighted by molar-refractivity contribution is 0.00164. The van der Waals surface area contributed by atoms with Crippen molar-refractivity contribution < 1.29 is 14.3 Å². The Labute approximate surface area is 204 Å². The zero-order valence-corrected chi connectivity index (χ0v) is 19.8. The van der Waals surface area contributed by atoms with Gasteiger partial charge in [0.05, 0.1) is 31.2 Å². The quantitative estimate of drug-likeness (QED) is 0.559. The molecule has 1 amide bonds. The van der Waals surface area contributed by atoms with Gasteiger partial charge in [0, 0.05) is 48.8 Å². The van der Waals surface area contributed by atoms with Crippen molar-refractivity contribution in [2.45, 2.75) is 12.5 Å². The monoisotopic (exact) mass is 480 g/mol. The van der Waals surface area contributed by atoms with E-state index in [9.17, 15) is 4.79 Å². The molecule has 0 bridgehead atoms. The predicted molar refractivity (Wildman–Crippen MR) is 131 cm³/mol. The number of rotatable bonds is 7. The van der Waals surface area contributed by atoms with E-state index in [2.05, 4.69) is 10.2 Å². The minimum atomic E-state index is -0.145.